The molecule has 0 aromatic heterocycles. The van der Waals surface area contributed by atoms with Crippen molar-refractivity contribution in [3.63, 3.8) is 0 Å². The van der Waals surface area contributed by atoms with Crippen LogP contribution in [-0.2, 0) is 28.9 Å². The maximum atomic E-state index is 12.8. The maximum absolute atomic E-state index is 12.8. The van der Waals surface area contributed by atoms with Gasteiger partial charge in [-0.1, -0.05) is 12.1 Å². The summed E-state index contributed by atoms with van der Waals surface area (Å²) in [5, 5.41) is 0. The summed E-state index contributed by atoms with van der Waals surface area (Å²) in [7, 11) is -4.52. The van der Waals surface area contributed by atoms with Crippen LogP contribution in [0.5, 0.6) is 0 Å². The van der Waals surface area contributed by atoms with E-state index < -0.39 is 45.5 Å². The van der Waals surface area contributed by atoms with E-state index in [4.69, 9.17) is 14.0 Å². The molecule has 1 heterocycles. The lowest BCUT2D eigenvalue weighted by Gasteiger charge is -2.32. The lowest BCUT2D eigenvalue weighted by Crippen LogP contribution is -2.52. The SMILES string of the molecule is CC(C)(C)OC(=O)C(C)(C)NS(=O)(=O)c1ccc(B2OC(C)(C)C(C)(C)O2)cc1. The van der Waals surface area contributed by atoms with E-state index in [1.54, 1.807) is 32.9 Å². The van der Waals surface area contributed by atoms with Crippen LogP contribution < -0.4 is 10.2 Å². The predicted molar refractivity (Wildman–Crippen MR) is 112 cm³/mol. The first-order valence-electron chi connectivity index (χ1n) is 9.59. The molecule has 0 unspecified atom stereocenters. The summed E-state index contributed by atoms with van der Waals surface area (Å²) >= 11 is 0. The van der Waals surface area contributed by atoms with Crippen LogP contribution in [0.15, 0.2) is 29.2 Å². The van der Waals surface area contributed by atoms with Crippen molar-refractivity contribution < 1.29 is 27.3 Å². The molecule has 0 saturated carbocycles. The van der Waals surface area contributed by atoms with Crippen LogP contribution in [0.1, 0.15) is 62.3 Å². The van der Waals surface area contributed by atoms with Gasteiger partial charge in [0, 0.05) is 0 Å². The molecule has 0 radical (unpaired) electrons. The molecule has 162 valence electrons. The summed E-state index contributed by atoms with van der Waals surface area (Å²) in [6, 6.07) is 6.23. The van der Waals surface area contributed by atoms with Crippen molar-refractivity contribution in [2.45, 2.75) is 89.6 Å². The van der Waals surface area contributed by atoms with Gasteiger partial charge in [-0.25, -0.2) is 8.42 Å². The molecule has 29 heavy (non-hydrogen) atoms. The second-order valence-corrected chi connectivity index (χ2v) is 11.6. The third-order valence-electron chi connectivity index (χ3n) is 5.01. The summed E-state index contributed by atoms with van der Waals surface area (Å²) in [6.07, 6.45) is 0. The first kappa shape index (κ1) is 23.9. The standard InChI is InChI=1S/C20H32BNO6S/c1-17(2,3)26-16(23)18(4,5)22-29(24,25)15-12-10-14(11-13-15)21-27-19(6,7)20(8,9)28-21/h10-13,22H,1-9H3. The molecule has 0 aliphatic carbocycles. The maximum Gasteiger partial charge on any atom is 0.494 e. The van der Waals surface area contributed by atoms with Gasteiger partial charge >= 0.3 is 13.1 Å². The first-order valence-corrected chi connectivity index (χ1v) is 11.1. The van der Waals surface area contributed by atoms with Gasteiger partial charge in [0.05, 0.1) is 16.1 Å². The first-order chi connectivity index (χ1) is 12.9. The zero-order valence-electron chi connectivity index (χ0n) is 18.7. The van der Waals surface area contributed by atoms with Crippen LogP contribution in [0, 0.1) is 0 Å². The van der Waals surface area contributed by atoms with E-state index in [2.05, 4.69) is 4.72 Å². The van der Waals surface area contributed by atoms with Gasteiger partial charge in [-0.05, 0) is 79.9 Å². The Bertz CT molecular complexity index is 853. The highest BCUT2D eigenvalue weighted by atomic mass is 32.2. The monoisotopic (exact) mass is 425 g/mol. The van der Waals surface area contributed by atoms with E-state index in [1.807, 2.05) is 27.7 Å². The van der Waals surface area contributed by atoms with Gasteiger partial charge in [-0.2, -0.15) is 4.72 Å². The number of carbonyl (C=O) groups excluding carboxylic acids is 1. The van der Waals surface area contributed by atoms with Gasteiger partial charge in [-0.15, -0.1) is 0 Å². The largest absolute Gasteiger partial charge is 0.494 e. The van der Waals surface area contributed by atoms with Crippen molar-refractivity contribution >= 4 is 28.6 Å². The highest BCUT2D eigenvalue weighted by Crippen LogP contribution is 2.36. The lowest BCUT2D eigenvalue weighted by atomic mass is 9.79. The normalized spacial score (nSPS) is 19.3. The molecular weight excluding hydrogens is 393 g/mol. The molecular formula is C20H32BNO6S. The number of hydrogen-bond acceptors (Lipinski definition) is 6. The fraction of sp³-hybridized carbons (Fsp3) is 0.650. The van der Waals surface area contributed by atoms with Crippen molar-refractivity contribution in [1.29, 1.82) is 0 Å². The number of sulfonamides is 1. The highest BCUT2D eigenvalue weighted by Gasteiger charge is 2.51. The molecule has 1 aromatic carbocycles. The number of ether oxygens (including phenoxy) is 1. The van der Waals surface area contributed by atoms with Crippen LogP contribution in [-0.4, -0.2) is 43.8 Å². The second kappa shape index (κ2) is 7.37. The van der Waals surface area contributed by atoms with Crippen molar-refractivity contribution in [2.24, 2.45) is 0 Å². The second-order valence-electron chi connectivity index (χ2n) is 9.89. The molecule has 0 bridgehead atoms. The minimum Gasteiger partial charge on any atom is -0.459 e. The van der Waals surface area contributed by atoms with Gasteiger partial charge in [0.2, 0.25) is 10.0 Å². The smallest absolute Gasteiger partial charge is 0.459 e. The predicted octanol–water partition coefficient (Wildman–Crippen LogP) is 2.38. The molecule has 2 rings (SSSR count). The molecule has 0 spiro atoms. The van der Waals surface area contributed by atoms with E-state index >= 15 is 0 Å². The molecule has 7 nitrogen and oxygen atoms in total. The van der Waals surface area contributed by atoms with Gasteiger partial charge < -0.3 is 14.0 Å². The Morgan fingerprint density at radius 3 is 1.83 bits per heavy atom. The summed E-state index contributed by atoms with van der Waals surface area (Å²) in [5.74, 6) is -0.651. The topological polar surface area (TPSA) is 90.9 Å². The number of nitrogens with one attached hydrogen (secondary N) is 1. The highest BCUT2D eigenvalue weighted by molar-refractivity contribution is 7.89. The Labute approximate surface area is 174 Å². The Morgan fingerprint density at radius 2 is 1.41 bits per heavy atom. The van der Waals surface area contributed by atoms with Crippen molar-refractivity contribution in [1.82, 2.24) is 4.72 Å². The fourth-order valence-electron chi connectivity index (χ4n) is 2.63. The van der Waals surface area contributed by atoms with E-state index in [0.717, 1.165) is 0 Å². The Morgan fingerprint density at radius 1 is 0.966 bits per heavy atom. The molecule has 1 aliphatic rings. The molecule has 9 heteroatoms. The van der Waals surface area contributed by atoms with Gasteiger partial charge in [0.15, 0.2) is 0 Å². The summed E-state index contributed by atoms with van der Waals surface area (Å²) in [5.41, 5.74) is -2.39. The van der Waals surface area contributed by atoms with Crippen LogP contribution in [0.2, 0.25) is 0 Å². The molecule has 1 aromatic rings. The Hall–Kier alpha value is -1.42. The molecule has 1 fully saturated rings. The average Bonchev–Trinajstić information content (AvgIpc) is 2.73. The number of hydrogen-bond donors (Lipinski definition) is 1. The number of esters is 1. The van der Waals surface area contributed by atoms with E-state index in [1.165, 1.54) is 26.0 Å². The molecule has 1 saturated heterocycles. The zero-order chi connectivity index (χ0) is 22.5. The summed E-state index contributed by atoms with van der Waals surface area (Å²) in [4.78, 5) is 12.4. The fourth-order valence-corrected chi connectivity index (χ4v) is 3.99. The van der Waals surface area contributed by atoms with Gasteiger partial charge in [-0.3, -0.25) is 4.79 Å². The summed E-state index contributed by atoms with van der Waals surface area (Å²) < 4.78 is 45.3. The van der Waals surface area contributed by atoms with E-state index in [0.29, 0.717) is 5.46 Å². The minimum absolute atomic E-state index is 0.0365. The molecule has 1 N–H and O–H groups in total. The Kier molecular flexibility index (Phi) is 6.07. The third-order valence-corrected chi connectivity index (χ3v) is 6.69. The van der Waals surface area contributed by atoms with Crippen LogP contribution in [0.3, 0.4) is 0 Å². The van der Waals surface area contributed by atoms with Crippen molar-refractivity contribution in [2.75, 3.05) is 0 Å². The van der Waals surface area contributed by atoms with Crippen molar-refractivity contribution in [3.8, 4) is 0 Å². The number of benzene rings is 1. The lowest BCUT2D eigenvalue weighted by molar-refractivity contribution is -0.160. The third kappa shape index (κ3) is 5.39. The quantitative estimate of drug-likeness (QED) is 0.576. The van der Waals surface area contributed by atoms with E-state index in [-0.39, 0.29) is 4.90 Å². The molecule has 0 amide bonds. The zero-order valence-corrected chi connectivity index (χ0v) is 19.6. The van der Waals surface area contributed by atoms with Crippen LogP contribution >= 0.6 is 0 Å². The molecule has 1 aliphatic heterocycles. The van der Waals surface area contributed by atoms with Crippen LogP contribution in [0.4, 0.5) is 0 Å². The van der Waals surface area contributed by atoms with Gasteiger partial charge in [0.25, 0.3) is 0 Å². The average molecular weight is 425 g/mol. The van der Waals surface area contributed by atoms with E-state index in [9.17, 15) is 13.2 Å². The molecule has 0 atom stereocenters. The minimum atomic E-state index is -3.94. The number of rotatable bonds is 5. The number of carbonyl (C=O) groups is 1. The van der Waals surface area contributed by atoms with Crippen LogP contribution in [0.25, 0.3) is 0 Å². The summed E-state index contributed by atoms with van der Waals surface area (Å²) in [6.45, 7) is 15.9. The van der Waals surface area contributed by atoms with Gasteiger partial charge in [0.1, 0.15) is 11.1 Å². The Balaban J connectivity index is 2.17. The van der Waals surface area contributed by atoms with Crippen molar-refractivity contribution in [3.05, 3.63) is 24.3 Å².